The first-order chi connectivity index (χ1) is 15.5. The predicted molar refractivity (Wildman–Crippen MR) is 126 cm³/mol. The van der Waals surface area contributed by atoms with Gasteiger partial charge in [-0.1, -0.05) is 35.9 Å². The molecule has 4 nitrogen and oxygen atoms in total. The largest absolute Gasteiger partial charge is 0.377 e. The number of carbonyl (C=O) groups excluding carboxylic acids is 1. The van der Waals surface area contributed by atoms with Crippen molar-refractivity contribution in [3.63, 3.8) is 0 Å². The summed E-state index contributed by atoms with van der Waals surface area (Å²) in [5, 5.41) is 5.49. The maximum atomic E-state index is 13.3. The summed E-state index contributed by atoms with van der Waals surface area (Å²) in [6.45, 7) is 6.08. The summed E-state index contributed by atoms with van der Waals surface area (Å²) in [6.07, 6.45) is 1.76. The highest BCUT2D eigenvalue weighted by molar-refractivity contribution is 6.31. The molecule has 0 atom stereocenters. The Bertz CT molecular complexity index is 1100. The third-order valence-electron chi connectivity index (χ3n) is 5.95. The van der Waals surface area contributed by atoms with Crippen LogP contribution in [0.5, 0.6) is 0 Å². The Balaban J connectivity index is 1.31. The lowest BCUT2D eigenvalue weighted by Crippen LogP contribution is -2.44. The molecule has 1 aliphatic heterocycles. The number of hydrogen-bond donors (Lipinski definition) is 1. The lowest BCUT2D eigenvalue weighted by molar-refractivity contribution is 0.0909. The van der Waals surface area contributed by atoms with Crippen LogP contribution in [0.2, 0.25) is 5.02 Å². The second kappa shape index (κ2) is 10.4. The van der Waals surface area contributed by atoms with Gasteiger partial charge >= 0.3 is 0 Å². The summed E-state index contributed by atoms with van der Waals surface area (Å²) >= 11 is 5.80. The third kappa shape index (κ3) is 5.66. The summed E-state index contributed by atoms with van der Waals surface area (Å²) in [6, 6.07) is 17.3. The van der Waals surface area contributed by atoms with Crippen LogP contribution in [0.3, 0.4) is 0 Å². The Morgan fingerprint density at radius 3 is 2.50 bits per heavy atom. The van der Waals surface area contributed by atoms with Gasteiger partial charge in [0.1, 0.15) is 5.82 Å². The third-order valence-corrected chi connectivity index (χ3v) is 6.24. The average Bonchev–Trinajstić information content (AvgIpc) is 2.80. The monoisotopic (exact) mass is 454 g/mol. The Kier molecular flexibility index (Phi) is 7.40. The van der Waals surface area contributed by atoms with Gasteiger partial charge in [0.25, 0.3) is 5.91 Å². The van der Waals surface area contributed by atoms with Crippen molar-refractivity contribution in [2.75, 3.05) is 19.7 Å². The fraction of sp³-hybridized carbons (Fsp3) is 0.346. The Hall–Kier alpha value is -2.47. The van der Waals surface area contributed by atoms with Crippen molar-refractivity contribution >= 4 is 28.3 Å². The summed E-state index contributed by atoms with van der Waals surface area (Å²) in [7, 11) is 0. The van der Waals surface area contributed by atoms with Crippen molar-refractivity contribution in [1.29, 1.82) is 0 Å². The highest BCUT2D eigenvalue weighted by Crippen LogP contribution is 2.21. The molecule has 0 bridgehead atoms. The maximum absolute atomic E-state index is 13.3. The van der Waals surface area contributed by atoms with Crippen LogP contribution in [0.25, 0.3) is 10.8 Å². The zero-order chi connectivity index (χ0) is 22.5. The molecule has 1 aliphatic rings. The number of amides is 1. The van der Waals surface area contributed by atoms with Gasteiger partial charge in [-0.05, 0) is 72.0 Å². The van der Waals surface area contributed by atoms with Crippen LogP contribution in [0, 0.1) is 5.82 Å². The molecular weight excluding hydrogens is 427 g/mol. The molecule has 1 amide bonds. The van der Waals surface area contributed by atoms with Gasteiger partial charge in [0, 0.05) is 37.8 Å². The molecule has 3 aromatic rings. The molecule has 32 heavy (non-hydrogen) atoms. The molecule has 168 valence electrons. The van der Waals surface area contributed by atoms with Crippen molar-refractivity contribution < 1.29 is 13.9 Å². The molecule has 0 saturated carbocycles. The minimum absolute atomic E-state index is 0.0344. The van der Waals surface area contributed by atoms with E-state index in [0.29, 0.717) is 18.8 Å². The van der Waals surface area contributed by atoms with Crippen LogP contribution in [-0.2, 0) is 17.9 Å². The summed E-state index contributed by atoms with van der Waals surface area (Å²) in [4.78, 5) is 14.9. The number of piperidine rings is 1. The van der Waals surface area contributed by atoms with E-state index in [1.165, 1.54) is 40.1 Å². The molecule has 0 spiro atoms. The fourth-order valence-electron chi connectivity index (χ4n) is 4.15. The van der Waals surface area contributed by atoms with Crippen LogP contribution >= 0.6 is 11.6 Å². The molecule has 1 N–H and O–H groups in total. The summed E-state index contributed by atoms with van der Waals surface area (Å²) < 4.78 is 18.9. The summed E-state index contributed by atoms with van der Waals surface area (Å²) in [5.74, 6) is -0.724. The van der Waals surface area contributed by atoms with Crippen molar-refractivity contribution in [3.8, 4) is 0 Å². The van der Waals surface area contributed by atoms with E-state index in [1.54, 1.807) is 0 Å². The molecule has 6 heteroatoms. The standard InChI is InChI=1S/C26H28ClFN2O2/c1-2-32-17-19-4-6-20-5-3-18(13-22(20)14-19)16-30-11-9-23(10-12-30)29-26(31)21-7-8-25(28)24(27)15-21/h3-8,13-15,23H,2,9-12,16-17H2,1H3,(H,29,31). The van der Waals surface area contributed by atoms with E-state index < -0.39 is 5.82 Å². The number of benzene rings is 3. The fourth-order valence-corrected chi connectivity index (χ4v) is 4.33. The molecule has 1 saturated heterocycles. The van der Waals surface area contributed by atoms with E-state index in [4.69, 9.17) is 16.3 Å². The summed E-state index contributed by atoms with van der Waals surface area (Å²) in [5.41, 5.74) is 2.86. The first kappa shape index (κ1) is 22.7. The Morgan fingerprint density at radius 1 is 1.06 bits per heavy atom. The zero-order valence-electron chi connectivity index (χ0n) is 18.2. The number of carbonyl (C=O) groups is 1. The van der Waals surface area contributed by atoms with E-state index in [9.17, 15) is 9.18 Å². The van der Waals surface area contributed by atoms with Gasteiger partial charge in [-0.2, -0.15) is 0 Å². The van der Waals surface area contributed by atoms with Crippen LogP contribution in [0.4, 0.5) is 4.39 Å². The normalized spacial score (nSPS) is 15.2. The van der Waals surface area contributed by atoms with Gasteiger partial charge in [-0.3, -0.25) is 9.69 Å². The maximum Gasteiger partial charge on any atom is 0.251 e. The topological polar surface area (TPSA) is 41.6 Å². The highest BCUT2D eigenvalue weighted by atomic mass is 35.5. The minimum atomic E-state index is -0.518. The van der Waals surface area contributed by atoms with Gasteiger partial charge < -0.3 is 10.1 Å². The van der Waals surface area contributed by atoms with E-state index in [2.05, 4.69) is 46.6 Å². The van der Waals surface area contributed by atoms with Gasteiger partial charge in [0.2, 0.25) is 0 Å². The van der Waals surface area contributed by atoms with Crippen LogP contribution in [0.1, 0.15) is 41.3 Å². The number of halogens is 2. The van der Waals surface area contributed by atoms with Crippen molar-refractivity contribution in [1.82, 2.24) is 10.2 Å². The molecular formula is C26H28ClFN2O2. The molecule has 0 aromatic heterocycles. The van der Waals surface area contributed by atoms with E-state index in [0.717, 1.165) is 32.5 Å². The smallest absolute Gasteiger partial charge is 0.251 e. The first-order valence-corrected chi connectivity index (χ1v) is 11.5. The van der Waals surface area contributed by atoms with Crippen molar-refractivity contribution in [2.45, 2.75) is 39.0 Å². The van der Waals surface area contributed by atoms with Crippen LogP contribution < -0.4 is 5.32 Å². The van der Waals surface area contributed by atoms with Crippen LogP contribution in [-0.4, -0.2) is 36.5 Å². The number of fused-ring (bicyclic) bond motifs is 1. The number of hydrogen-bond acceptors (Lipinski definition) is 3. The second-order valence-corrected chi connectivity index (χ2v) is 8.71. The van der Waals surface area contributed by atoms with Crippen molar-refractivity contribution in [3.05, 3.63) is 82.1 Å². The number of likely N-dealkylation sites (tertiary alicyclic amines) is 1. The molecule has 1 fully saturated rings. The van der Waals surface area contributed by atoms with Gasteiger partial charge in [-0.15, -0.1) is 0 Å². The van der Waals surface area contributed by atoms with Gasteiger partial charge in [-0.25, -0.2) is 4.39 Å². The van der Waals surface area contributed by atoms with E-state index in [1.807, 2.05) is 6.92 Å². The zero-order valence-corrected chi connectivity index (χ0v) is 19.0. The Labute approximate surface area is 193 Å². The quantitative estimate of drug-likeness (QED) is 0.508. The molecule has 3 aromatic carbocycles. The van der Waals surface area contributed by atoms with Crippen LogP contribution in [0.15, 0.2) is 54.6 Å². The highest BCUT2D eigenvalue weighted by Gasteiger charge is 2.21. The molecule has 0 aliphatic carbocycles. The van der Waals surface area contributed by atoms with Gasteiger partial charge in [0.15, 0.2) is 0 Å². The first-order valence-electron chi connectivity index (χ1n) is 11.1. The number of ether oxygens (including phenoxy) is 1. The van der Waals surface area contributed by atoms with E-state index >= 15 is 0 Å². The predicted octanol–water partition coefficient (Wildman–Crippen LogP) is 5.56. The minimum Gasteiger partial charge on any atom is -0.377 e. The lowest BCUT2D eigenvalue weighted by atomic mass is 10.0. The van der Waals surface area contributed by atoms with Gasteiger partial charge in [0.05, 0.1) is 11.6 Å². The molecule has 0 radical (unpaired) electrons. The SMILES string of the molecule is CCOCc1ccc2ccc(CN3CCC(NC(=O)c4ccc(F)c(Cl)c4)CC3)cc2c1. The van der Waals surface area contributed by atoms with E-state index in [-0.39, 0.29) is 17.0 Å². The average molecular weight is 455 g/mol. The second-order valence-electron chi connectivity index (χ2n) is 8.31. The Morgan fingerprint density at radius 2 is 1.78 bits per heavy atom. The molecule has 0 unspecified atom stereocenters. The number of nitrogens with one attached hydrogen (secondary N) is 1. The molecule has 4 rings (SSSR count). The van der Waals surface area contributed by atoms with Crippen molar-refractivity contribution in [2.24, 2.45) is 0 Å². The number of rotatable bonds is 7. The lowest BCUT2D eigenvalue weighted by Gasteiger charge is -2.32. The number of nitrogens with zero attached hydrogens (tertiary/aromatic N) is 1. The molecule has 1 heterocycles.